The Balaban J connectivity index is 2.21. The highest BCUT2D eigenvalue weighted by atomic mass is 35.5. The molecule has 1 heterocycles. The zero-order chi connectivity index (χ0) is 17.0. The molecule has 0 fully saturated rings. The number of amides is 1. The van der Waals surface area contributed by atoms with Crippen molar-refractivity contribution in [1.29, 1.82) is 0 Å². The maximum absolute atomic E-state index is 12.1. The number of hydrogen-bond acceptors (Lipinski definition) is 5. The van der Waals surface area contributed by atoms with Crippen LogP contribution in [0.1, 0.15) is 13.8 Å². The molecule has 1 amide bonds. The lowest BCUT2D eigenvalue weighted by molar-refractivity contribution is -0.113. The van der Waals surface area contributed by atoms with E-state index in [-0.39, 0.29) is 11.7 Å². The normalized spacial score (nSPS) is 11.7. The van der Waals surface area contributed by atoms with E-state index in [4.69, 9.17) is 11.6 Å². The van der Waals surface area contributed by atoms with E-state index in [0.717, 1.165) is 0 Å². The topological polar surface area (TPSA) is 94.0 Å². The summed E-state index contributed by atoms with van der Waals surface area (Å²) in [5, 5.41) is 6.92. The fourth-order valence-electron chi connectivity index (χ4n) is 2.13. The highest BCUT2D eigenvalue weighted by molar-refractivity contribution is 7.92. The summed E-state index contributed by atoms with van der Waals surface area (Å²) in [4.78, 5) is 15.9. The van der Waals surface area contributed by atoms with E-state index < -0.39 is 21.5 Å². The second kappa shape index (κ2) is 7.10. The summed E-state index contributed by atoms with van der Waals surface area (Å²) in [6.07, 6.45) is 2.77. The number of para-hydroxylation sites is 1. The van der Waals surface area contributed by atoms with Crippen molar-refractivity contribution >= 4 is 33.0 Å². The minimum atomic E-state index is -3.46. The van der Waals surface area contributed by atoms with Crippen molar-refractivity contribution in [1.82, 2.24) is 14.8 Å². The Morgan fingerprint density at radius 2 is 2.13 bits per heavy atom. The Labute approximate surface area is 139 Å². The van der Waals surface area contributed by atoms with E-state index in [1.165, 1.54) is 17.3 Å². The molecule has 9 heteroatoms. The van der Waals surface area contributed by atoms with Crippen molar-refractivity contribution in [3.63, 3.8) is 0 Å². The molecule has 0 aliphatic rings. The lowest BCUT2D eigenvalue weighted by Crippen LogP contribution is -2.26. The number of halogens is 1. The summed E-state index contributed by atoms with van der Waals surface area (Å²) in [7, 11) is -3.46. The quantitative estimate of drug-likeness (QED) is 0.853. The zero-order valence-electron chi connectivity index (χ0n) is 12.7. The third kappa shape index (κ3) is 4.77. The average molecular weight is 357 g/mol. The van der Waals surface area contributed by atoms with Gasteiger partial charge in [0.15, 0.2) is 9.84 Å². The summed E-state index contributed by atoms with van der Waals surface area (Å²) in [5.41, 5.74) is 0.800. The van der Waals surface area contributed by atoms with E-state index in [2.05, 4.69) is 15.4 Å². The molecular formula is C14H17ClN4O3S. The van der Waals surface area contributed by atoms with Crippen LogP contribution in [0.5, 0.6) is 0 Å². The lowest BCUT2D eigenvalue weighted by atomic mass is 10.2. The van der Waals surface area contributed by atoms with Crippen molar-refractivity contribution in [2.45, 2.75) is 13.8 Å². The second-order valence-electron chi connectivity index (χ2n) is 5.47. The molecular weight excluding hydrogens is 340 g/mol. The average Bonchev–Trinajstić information content (AvgIpc) is 2.89. The number of aromatic nitrogens is 3. The molecule has 0 unspecified atom stereocenters. The number of carbonyl (C=O) groups excluding carboxylic acids is 1. The van der Waals surface area contributed by atoms with Gasteiger partial charge in [-0.2, -0.15) is 5.10 Å². The summed E-state index contributed by atoms with van der Waals surface area (Å²) >= 11 is 6.15. The molecule has 0 aliphatic carbocycles. The van der Waals surface area contributed by atoms with Gasteiger partial charge in [0.1, 0.15) is 24.1 Å². The zero-order valence-corrected chi connectivity index (χ0v) is 14.3. The highest BCUT2D eigenvalue weighted by Gasteiger charge is 2.20. The molecule has 23 heavy (non-hydrogen) atoms. The minimum Gasteiger partial charge on any atom is -0.323 e. The van der Waals surface area contributed by atoms with Gasteiger partial charge in [-0.3, -0.25) is 4.79 Å². The Hall–Kier alpha value is -1.93. The van der Waals surface area contributed by atoms with E-state index in [0.29, 0.717) is 16.4 Å². The maximum atomic E-state index is 12.1. The van der Waals surface area contributed by atoms with E-state index in [1.807, 2.05) is 0 Å². The second-order valence-corrected chi connectivity index (χ2v) is 7.99. The number of hydrogen-bond donors (Lipinski definition) is 1. The van der Waals surface area contributed by atoms with Crippen molar-refractivity contribution in [2.75, 3.05) is 16.8 Å². The first-order valence-corrected chi connectivity index (χ1v) is 9.12. The predicted molar refractivity (Wildman–Crippen MR) is 88.5 cm³/mol. The van der Waals surface area contributed by atoms with E-state index >= 15 is 0 Å². The molecule has 124 valence electrons. The molecule has 1 aromatic carbocycles. The SMILES string of the molecule is CC(C)CS(=O)(=O)CC(=O)Nc1cccc(Cl)c1-n1cncn1. The Bertz CT molecular complexity index is 788. The van der Waals surface area contributed by atoms with Crippen LogP contribution in [0.25, 0.3) is 5.69 Å². The van der Waals surface area contributed by atoms with Gasteiger partial charge in [-0.1, -0.05) is 31.5 Å². The fraction of sp³-hybridized carbons (Fsp3) is 0.357. The van der Waals surface area contributed by atoms with Crippen LogP contribution in [-0.4, -0.2) is 40.6 Å². The molecule has 0 atom stereocenters. The largest absolute Gasteiger partial charge is 0.323 e. The highest BCUT2D eigenvalue weighted by Crippen LogP contribution is 2.27. The molecule has 0 bridgehead atoms. The van der Waals surface area contributed by atoms with Crippen LogP contribution in [0.2, 0.25) is 5.02 Å². The molecule has 0 saturated heterocycles. The van der Waals surface area contributed by atoms with Crippen LogP contribution in [0.4, 0.5) is 5.69 Å². The van der Waals surface area contributed by atoms with E-state index in [9.17, 15) is 13.2 Å². The van der Waals surface area contributed by atoms with Crippen LogP contribution in [0.3, 0.4) is 0 Å². The van der Waals surface area contributed by atoms with Crippen molar-refractivity contribution < 1.29 is 13.2 Å². The summed E-state index contributed by atoms with van der Waals surface area (Å²) in [6, 6.07) is 4.92. The summed E-state index contributed by atoms with van der Waals surface area (Å²) in [6.45, 7) is 3.57. The van der Waals surface area contributed by atoms with Crippen molar-refractivity contribution in [3.05, 3.63) is 35.9 Å². The van der Waals surface area contributed by atoms with Gasteiger partial charge in [0.2, 0.25) is 5.91 Å². The molecule has 7 nitrogen and oxygen atoms in total. The van der Waals surface area contributed by atoms with Gasteiger partial charge in [0.05, 0.1) is 16.5 Å². The number of nitrogens with one attached hydrogen (secondary N) is 1. The number of benzene rings is 1. The maximum Gasteiger partial charge on any atom is 0.239 e. The van der Waals surface area contributed by atoms with Gasteiger partial charge in [0, 0.05) is 0 Å². The first-order valence-electron chi connectivity index (χ1n) is 6.92. The monoisotopic (exact) mass is 356 g/mol. The Morgan fingerprint density at radius 1 is 1.39 bits per heavy atom. The van der Waals surface area contributed by atoms with Crippen LogP contribution in [0.15, 0.2) is 30.9 Å². The van der Waals surface area contributed by atoms with Gasteiger partial charge in [-0.05, 0) is 18.1 Å². The van der Waals surface area contributed by atoms with Gasteiger partial charge in [-0.25, -0.2) is 18.1 Å². The fourth-order valence-corrected chi connectivity index (χ4v) is 3.99. The van der Waals surface area contributed by atoms with Gasteiger partial charge in [0.25, 0.3) is 0 Å². The summed E-state index contributed by atoms with van der Waals surface area (Å²) in [5.74, 6) is -1.26. The number of nitrogens with zero attached hydrogens (tertiary/aromatic N) is 3. The number of sulfone groups is 1. The molecule has 2 aromatic rings. The molecule has 1 N–H and O–H groups in total. The number of anilines is 1. The van der Waals surface area contributed by atoms with Crippen LogP contribution < -0.4 is 5.32 Å². The van der Waals surface area contributed by atoms with Crippen molar-refractivity contribution in [2.24, 2.45) is 5.92 Å². The Kier molecular flexibility index (Phi) is 5.38. The first-order chi connectivity index (χ1) is 10.8. The standard InChI is InChI=1S/C14H17ClN4O3S/c1-10(2)6-23(21,22)7-13(20)18-12-5-3-4-11(15)14(12)19-9-16-8-17-19/h3-5,8-10H,6-7H2,1-2H3,(H,18,20). The number of rotatable bonds is 6. The summed E-state index contributed by atoms with van der Waals surface area (Å²) < 4.78 is 25.2. The lowest BCUT2D eigenvalue weighted by Gasteiger charge is -2.13. The van der Waals surface area contributed by atoms with E-state index in [1.54, 1.807) is 32.0 Å². The minimum absolute atomic E-state index is 0.0358. The third-order valence-corrected chi connectivity index (χ3v) is 5.03. The van der Waals surface area contributed by atoms with Crippen LogP contribution in [0, 0.1) is 5.92 Å². The molecule has 0 radical (unpaired) electrons. The van der Waals surface area contributed by atoms with Gasteiger partial charge in [-0.15, -0.1) is 0 Å². The smallest absolute Gasteiger partial charge is 0.239 e. The molecule has 0 saturated carbocycles. The van der Waals surface area contributed by atoms with Crippen LogP contribution >= 0.6 is 11.6 Å². The predicted octanol–water partition coefficient (Wildman–Crippen LogP) is 1.93. The molecule has 2 rings (SSSR count). The van der Waals surface area contributed by atoms with Crippen molar-refractivity contribution in [3.8, 4) is 5.69 Å². The Morgan fingerprint density at radius 3 is 2.74 bits per heavy atom. The van der Waals surface area contributed by atoms with Gasteiger partial charge >= 0.3 is 0 Å². The molecule has 0 spiro atoms. The third-order valence-electron chi connectivity index (χ3n) is 2.85. The van der Waals surface area contributed by atoms with Gasteiger partial charge < -0.3 is 5.32 Å². The molecule has 0 aliphatic heterocycles. The molecule has 1 aromatic heterocycles. The van der Waals surface area contributed by atoms with Crippen LogP contribution in [-0.2, 0) is 14.6 Å². The number of carbonyl (C=O) groups is 1. The first kappa shape index (κ1) is 17.4.